The molecule has 2 aliphatic rings. The van der Waals surface area contributed by atoms with Gasteiger partial charge in [0.2, 0.25) is 6.29 Å². The van der Waals surface area contributed by atoms with Gasteiger partial charge in [0.05, 0.1) is 12.2 Å². The van der Waals surface area contributed by atoms with Gasteiger partial charge in [0, 0.05) is 14.2 Å². The Morgan fingerprint density at radius 2 is 1.23 bits per heavy atom. The molecule has 0 amide bonds. The van der Waals surface area contributed by atoms with E-state index < -0.39 is 79.9 Å². The predicted octanol–water partition coefficient (Wildman–Crippen LogP) is -0.466. The van der Waals surface area contributed by atoms with Crippen LogP contribution in [-0.4, -0.2) is 130 Å². The highest BCUT2D eigenvalue weighted by Gasteiger charge is 2.52. The second kappa shape index (κ2) is 15.7. The first-order valence-electron chi connectivity index (χ1n) is 14.5. The van der Waals surface area contributed by atoms with Gasteiger partial charge in [0.1, 0.15) is 60.7 Å². The number of esters is 1. The number of carbonyl (C=O) groups is 1. The van der Waals surface area contributed by atoms with Gasteiger partial charge in [-0.25, -0.2) is 4.79 Å². The van der Waals surface area contributed by atoms with Crippen LogP contribution in [0.3, 0.4) is 0 Å². The first kappa shape index (κ1) is 36.0. The SMILES string of the molecule is CO[C@@H]1C(O)[C@H](OC)[C@@H](O)C(OC(=O)c2cc(CC=C(C)C)c(O[C@@H]3O[C@H](CO)[C@@H](O)[C@H](O)[C@H]3O)c(CC=C(C)C)c2)[C@H]1O. The van der Waals surface area contributed by atoms with E-state index in [1.807, 2.05) is 39.8 Å². The van der Waals surface area contributed by atoms with Crippen molar-refractivity contribution in [3.63, 3.8) is 0 Å². The summed E-state index contributed by atoms with van der Waals surface area (Å²) in [6, 6.07) is 3.01. The summed E-state index contributed by atoms with van der Waals surface area (Å²) in [5.41, 5.74) is 2.96. The molecule has 1 aromatic rings. The van der Waals surface area contributed by atoms with Gasteiger partial charge in [-0.3, -0.25) is 0 Å². The van der Waals surface area contributed by atoms with E-state index in [-0.39, 0.29) is 24.2 Å². The number of methoxy groups -OCH3 is 2. The van der Waals surface area contributed by atoms with Crippen LogP contribution in [0.25, 0.3) is 0 Å². The minimum Gasteiger partial charge on any atom is -0.461 e. The topological polar surface area (TPSA) is 205 Å². The molecule has 0 aromatic heterocycles. The van der Waals surface area contributed by atoms with Crippen LogP contribution < -0.4 is 4.74 Å². The molecule has 2 fully saturated rings. The van der Waals surface area contributed by atoms with Crippen LogP contribution in [0.5, 0.6) is 5.75 Å². The van der Waals surface area contributed by atoms with Gasteiger partial charge >= 0.3 is 5.97 Å². The molecule has 13 nitrogen and oxygen atoms in total. The van der Waals surface area contributed by atoms with Crippen LogP contribution in [0.2, 0.25) is 0 Å². The van der Waals surface area contributed by atoms with Gasteiger partial charge in [-0.1, -0.05) is 23.3 Å². The predicted molar refractivity (Wildman–Crippen MR) is 156 cm³/mol. The van der Waals surface area contributed by atoms with Gasteiger partial charge in [0.25, 0.3) is 0 Å². The van der Waals surface area contributed by atoms with E-state index in [4.69, 9.17) is 23.7 Å². The molecule has 3 rings (SSSR count). The lowest BCUT2D eigenvalue weighted by Crippen LogP contribution is -2.65. The van der Waals surface area contributed by atoms with E-state index >= 15 is 0 Å². The first-order valence-corrected chi connectivity index (χ1v) is 14.5. The zero-order chi connectivity index (χ0) is 32.9. The normalized spacial score (nSPS) is 33.8. The van der Waals surface area contributed by atoms with Crippen molar-refractivity contribution >= 4 is 5.97 Å². The second-order valence-electron chi connectivity index (χ2n) is 11.7. The number of carbonyl (C=O) groups excluding carboxylic acids is 1. The molecule has 13 heteroatoms. The summed E-state index contributed by atoms with van der Waals surface area (Å²) in [5.74, 6) is -0.633. The van der Waals surface area contributed by atoms with Crippen molar-refractivity contribution in [1.82, 2.24) is 0 Å². The smallest absolute Gasteiger partial charge is 0.338 e. The molecule has 1 aromatic carbocycles. The van der Waals surface area contributed by atoms with E-state index in [1.165, 1.54) is 26.4 Å². The van der Waals surface area contributed by atoms with Crippen molar-refractivity contribution in [2.45, 2.75) is 108 Å². The third-order valence-electron chi connectivity index (χ3n) is 7.83. The van der Waals surface area contributed by atoms with Crippen molar-refractivity contribution in [3.05, 3.63) is 52.1 Å². The summed E-state index contributed by atoms with van der Waals surface area (Å²) in [5, 5.41) is 72.9. The maximum atomic E-state index is 13.6. The fourth-order valence-electron chi connectivity index (χ4n) is 5.29. The summed E-state index contributed by atoms with van der Waals surface area (Å²) >= 11 is 0. The van der Waals surface area contributed by atoms with Crippen LogP contribution in [0.1, 0.15) is 49.2 Å². The number of hydrogen-bond donors (Lipinski definition) is 7. The highest BCUT2D eigenvalue weighted by Crippen LogP contribution is 2.34. The summed E-state index contributed by atoms with van der Waals surface area (Å²) in [6.45, 7) is 6.92. The number of aliphatic hydroxyl groups is 7. The molecule has 1 heterocycles. The van der Waals surface area contributed by atoms with Crippen molar-refractivity contribution in [3.8, 4) is 5.75 Å². The minimum atomic E-state index is -1.66. The molecular formula is C31H46O13. The van der Waals surface area contributed by atoms with E-state index in [0.29, 0.717) is 11.1 Å². The van der Waals surface area contributed by atoms with Gasteiger partial charge in [0.15, 0.2) is 6.10 Å². The van der Waals surface area contributed by atoms with Crippen LogP contribution in [-0.2, 0) is 31.8 Å². The molecule has 0 bridgehead atoms. The Balaban J connectivity index is 2.06. The average Bonchev–Trinajstić information content (AvgIpc) is 2.98. The standard InChI is InChI=1S/C31H46O13/c1-14(2)7-9-16-11-18(30(39)43-29-24(37)27(40-5)23(36)28(41-6)25(29)38)12-17(10-8-15(3)4)26(16)44-31-22(35)21(34)20(33)19(13-32)42-31/h7-8,11-12,19-25,27-29,31-38H,9-10,13H2,1-6H3/t19-,20-,21+,22-,23?,24-,25+,27+,28-,29?,31+/m1/s1. The van der Waals surface area contributed by atoms with Gasteiger partial charge in [-0.15, -0.1) is 0 Å². The summed E-state index contributed by atoms with van der Waals surface area (Å²) < 4.78 is 27.7. The Morgan fingerprint density at radius 3 is 1.66 bits per heavy atom. The Morgan fingerprint density at radius 1 is 0.750 bits per heavy atom. The summed E-state index contributed by atoms with van der Waals surface area (Å²) in [4.78, 5) is 13.6. The fraction of sp³-hybridized carbons (Fsp3) is 0.645. The number of rotatable bonds is 11. The molecule has 0 radical (unpaired) electrons. The van der Waals surface area contributed by atoms with Crippen LogP contribution in [0.4, 0.5) is 0 Å². The molecule has 1 saturated carbocycles. The van der Waals surface area contributed by atoms with E-state index in [9.17, 15) is 40.5 Å². The number of hydrogen-bond acceptors (Lipinski definition) is 13. The van der Waals surface area contributed by atoms with Crippen LogP contribution >= 0.6 is 0 Å². The van der Waals surface area contributed by atoms with Gasteiger partial charge < -0.3 is 59.4 Å². The van der Waals surface area contributed by atoms with Crippen LogP contribution in [0, 0.1) is 0 Å². The van der Waals surface area contributed by atoms with E-state index in [1.54, 1.807) is 0 Å². The molecule has 11 atom stereocenters. The zero-order valence-corrected chi connectivity index (χ0v) is 25.9. The third-order valence-corrected chi connectivity index (χ3v) is 7.83. The quantitative estimate of drug-likeness (QED) is 0.123. The molecule has 7 N–H and O–H groups in total. The first-order chi connectivity index (χ1) is 20.7. The van der Waals surface area contributed by atoms with Crippen molar-refractivity contribution in [2.24, 2.45) is 0 Å². The minimum absolute atomic E-state index is 0.0638. The third kappa shape index (κ3) is 8.04. The fourth-order valence-corrected chi connectivity index (χ4v) is 5.29. The maximum Gasteiger partial charge on any atom is 0.338 e. The lowest BCUT2D eigenvalue weighted by Gasteiger charge is -2.43. The zero-order valence-electron chi connectivity index (χ0n) is 25.9. The average molecular weight is 627 g/mol. The molecule has 1 saturated heterocycles. The molecule has 1 aliphatic heterocycles. The van der Waals surface area contributed by atoms with Gasteiger partial charge in [-0.2, -0.15) is 0 Å². The molecular weight excluding hydrogens is 580 g/mol. The molecule has 0 spiro atoms. The van der Waals surface area contributed by atoms with E-state index in [0.717, 1.165) is 11.1 Å². The van der Waals surface area contributed by atoms with Crippen molar-refractivity contribution < 1.29 is 64.2 Å². The molecule has 1 aliphatic carbocycles. The second-order valence-corrected chi connectivity index (χ2v) is 11.7. The van der Waals surface area contributed by atoms with E-state index in [2.05, 4.69) is 0 Å². The largest absolute Gasteiger partial charge is 0.461 e. The number of ether oxygens (including phenoxy) is 5. The monoisotopic (exact) mass is 626 g/mol. The molecule has 2 unspecified atom stereocenters. The number of benzene rings is 1. The summed E-state index contributed by atoms with van der Waals surface area (Å²) in [6.07, 6.45) is -11.6. The number of aliphatic hydroxyl groups excluding tert-OH is 7. The Hall–Kier alpha value is -2.43. The Bertz CT molecular complexity index is 1110. The maximum absolute atomic E-state index is 13.6. The van der Waals surface area contributed by atoms with Gasteiger partial charge in [-0.05, 0) is 63.8 Å². The van der Waals surface area contributed by atoms with Crippen molar-refractivity contribution in [1.29, 1.82) is 0 Å². The highest BCUT2D eigenvalue weighted by atomic mass is 16.7. The Kier molecular flexibility index (Phi) is 12.9. The number of allylic oxidation sites excluding steroid dienone is 4. The lowest BCUT2D eigenvalue weighted by molar-refractivity contribution is -0.277. The summed E-state index contributed by atoms with van der Waals surface area (Å²) in [7, 11) is 2.53. The highest BCUT2D eigenvalue weighted by molar-refractivity contribution is 5.90. The van der Waals surface area contributed by atoms with Crippen LogP contribution in [0.15, 0.2) is 35.4 Å². The lowest BCUT2D eigenvalue weighted by atomic mass is 9.84. The molecule has 44 heavy (non-hydrogen) atoms. The van der Waals surface area contributed by atoms with Crippen molar-refractivity contribution in [2.75, 3.05) is 20.8 Å². The Labute approximate surface area is 256 Å². The molecule has 248 valence electrons.